The molecule has 2 rings (SSSR count). The minimum Gasteiger partial charge on any atom is -0.478 e. The van der Waals surface area contributed by atoms with Crippen LogP contribution in [0.4, 0.5) is 0 Å². The molecular weight excluding hydrogens is 288 g/mol. The van der Waals surface area contributed by atoms with Crippen molar-refractivity contribution in [2.24, 2.45) is 0 Å². The third-order valence-corrected chi connectivity index (χ3v) is 3.83. The minimum absolute atomic E-state index is 0.125. The minimum atomic E-state index is -1.01. The van der Waals surface area contributed by atoms with Crippen molar-refractivity contribution < 1.29 is 14.6 Å². The number of carbonyl (C=O) groups is 1. The Bertz CT molecular complexity index is 669. The van der Waals surface area contributed by atoms with E-state index < -0.39 is 12.1 Å². The van der Waals surface area contributed by atoms with E-state index in [4.69, 9.17) is 4.74 Å². The van der Waals surface area contributed by atoms with Gasteiger partial charge in [0.05, 0.1) is 0 Å². The molecule has 122 valence electrons. The van der Waals surface area contributed by atoms with Crippen LogP contribution >= 0.6 is 0 Å². The fourth-order valence-corrected chi connectivity index (χ4v) is 2.50. The molecule has 0 aliphatic carbocycles. The van der Waals surface area contributed by atoms with Crippen molar-refractivity contribution in [3.63, 3.8) is 0 Å². The predicted molar refractivity (Wildman–Crippen MR) is 92.0 cm³/mol. The molecule has 0 amide bonds. The van der Waals surface area contributed by atoms with E-state index >= 15 is 0 Å². The first-order chi connectivity index (χ1) is 10.8. The Morgan fingerprint density at radius 3 is 2.30 bits per heavy atom. The van der Waals surface area contributed by atoms with E-state index in [0.717, 1.165) is 12.0 Å². The number of benzene rings is 2. The molecule has 0 bridgehead atoms. The summed E-state index contributed by atoms with van der Waals surface area (Å²) < 4.78 is 5.92. The lowest BCUT2D eigenvalue weighted by molar-refractivity contribution is -0.145. The number of aliphatic carboxylic acids is 1. The third-order valence-electron chi connectivity index (χ3n) is 3.83. The molecule has 2 aromatic carbocycles. The maximum atomic E-state index is 11.7. The molecule has 0 spiro atoms. The summed E-state index contributed by atoms with van der Waals surface area (Å²) in [4.78, 5) is 11.7. The summed E-state index contributed by atoms with van der Waals surface area (Å²) in [5.41, 5.74) is 2.76. The maximum Gasteiger partial charge on any atom is 0.349 e. The smallest absolute Gasteiger partial charge is 0.349 e. The lowest BCUT2D eigenvalue weighted by atomic mass is 9.85. The summed E-state index contributed by atoms with van der Waals surface area (Å²) in [6.45, 7) is 8.42. The number of aryl methyl sites for hydroxylation is 1. The molecule has 3 nitrogen and oxygen atoms in total. The first-order valence-electron chi connectivity index (χ1n) is 7.90. The van der Waals surface area contributed by atoms with Crippen LogP contribution in [0, 0.1) is 0 Å². The average Bonchev–Trinajstić information content (AvgIpc) is 2.52. The Morgan fingerprint density at radius 1 is 1.13 bits per heavy atom. The van der Waals surface area contributed by atoms with E-state index in [1.54, 1.807) is 12.1 Å². The second-order valence-electron chi connectivity index (χ2n) is 6.68. The van der Waals surface area contributed by atoms with Crippen LogP contribution in [0.5, 0.6) is 5.75 Å². The lowest BCUT2D eigenvalue weighted by Gasteiger charge is -2.25. The van der Waals surface area contributed by atoms with Crippen LogP contribution < -0.4 is 4.74 Å². The first kappa shape index (κ1) is 17.1. The van der Waals surface area contributed by atoms with Crippen molar-refractivity contribution in [3.8, 4) is 5.75 Å². The third kappa shape index (κ3) is 4.13. The standard InChI is InChI=1S/C20H24O3/c1-5-14-11-12-17(16(13-14)20(2,3)4)23-18(19(21)22)15-9-7-6-8-10-15/h6-13,18H,5H2,1-4H3,(H,21,22). The number of carboxylic acids is 1. The van der Waals surface area contributed by atoms with E-state index in [2.05, 4.69) is 33.8 Å². The normalized spacial score (nSPS) is 12.7. The highest BCUT2D eigenvalue weighted by atomic mass is 16.5. The van der Waals surface area contributed by atoms with E-state index in [0.29, 0.717) is 11.3 Å². The van der Waals surface area contributed by atoms with Gasteiger partial charge in [-0.05, 0) is 29.0 Å². The Morgan fingerprint density at radius 2 is 1.78 bits per heavy atom. The van der Waals surface area contributed by atoms with E-state index in [-0.39, 0.29) is 5.41 Å². The van der Waals surface area contributed by atoms with Crippen molar-refractivity contribution in [2.45, 2.75) is 45.6 Å². The number of hydrogen-bond donors (Lipinski definition) is 1. The fourth-order valence-electron chi connectivity index (χ4n) is 2.50. The van der Waals surface area contributed by atoms with Gasteiger partial charge in [-0.25, -0.2) is 4.79 Å². The van der Waals surface area contributed by atoms with Gasteiger partial charge in [-0.1, -0.05) is 70.2 Å². The molecule has 0 aliphatic heterocycles. The van der Waals surface area contributed by atoms with E-state index in [1.807, 2.05) is 30.3 Å². The molecule has 0 saturated heterocycles. The van der Waals surface area contributed by atoms with Gasteiger partial charge in [0.15, 0.2) is 0 Å². The van der Waals surface area contributed by atoms with Crippen LogP contribution in [-0.4, -0.2) is 11.1 Å². The SMILES string of the molecule is CCc1ccc(OC(C(=O)O)c2ccccc2)c(C(C)(C)C)c1. The zero-order valence-corrected chi connectivity index (χ0v) is 14.2. The van der Waals surface area contributed by atoms with E-state index in [9.17, 15) is 9.90 Å². The van der Waals surface area contributed by atoms with Crippen LogP contribution in [0.1, 0.15) is 50.5 Å². The molecule has 1 N–H and O–H groups in total. The number of rotatable bonds is 5. The molecule has 23 heavy (non-hydrogen) atoms. The molecule has 1 unspecified atom stereocenters. The predicted octanol–water partition coefficient (Wildman–Crippen LogP) is 4.75. The molecule has 2 aromatic rings. The summed E-state index contributed by atoms with van der Waals surface area (Å²) in [5, 5.41) is 9.56. The van der Waals surface area contributed by atoms with Crippen LogP contribution in [0.3, 0.4) is 0 Å². The Balaban J connectivity index is 2.43. The zero-order chi connectivity index (χ0) is 17.0. The second kappa shape index (κ2) is 6.86. The van der Waals surface area contributed by atoms with Gasteiger partial charge in [0.25, 0.3) is 0 Å². The van der Waals surface area contributed by atoms with Gasteiger partial charge in [0, 0.05) is 5.56 Å². The summed E-state index contributed by atoms with van der Waals surface area (Å²) in [6, 6.07) is 15.0. The largest absolute Gasteiger partial charge is 0.478 e. The molecule has 0 radical (unpaired) electrons. The van der Waals surface area contributed by atoms with Gasteiger partial charge in [0.2, 0.25) is 6.10 Å². The van der Waals surface area contributed by atoms with Crippen molar-refractivity contribution in [1.82, 2.24) is 0 Å². The topological polar surface area (TPSA) is 46.5 Å². The highest BCUT2D eigenvalue weighted by Gasteiger charge is 2.26. The Labute approximate surface area is 137 Å². The van der Waals surface area contributed by atoms with Gasteiger partial charge < -0.3 is 9.84 Å². The van der Waals surface area contributed by atoms with Gasteiger partial charge in [-0.2, -0.15) is 0 Å². The first-order valence-corrected chi connectivity index (χ1v) is 7.90. The van der Waals surface area contributed by atoms with Crippen LogP contribution in [0.2, 0.25) is 0 Å². The zero-order valence-electron chi connectivity index (χ0n) is 14.2. The average molecular weight is 312 g/mol. The molecular formula is C20H24O3. The maximum absolute atomic E-state index is 11.7. The monoisotopic (exact) mass is 312 g/mol. The molecule has 0 aromatic heterocycles. The summed E-state index contributed by atoms with van der Waals surface area (Å²) in [5.74, 6) is -0.360. The molecule has 0 aliphatic rings. The van der Waals surface area contributed by atoms with Crippen molar-refractivity contribution in [2.75, 3.05) is 0 Å². The highest BCUT2D eigenvalue weighted by molar-refractivity contribution is 5.75. The Kier molecular flexibility index (Phi) is 5.09. The number of ether oxygens (including phenoxy) is 1. The summed E-state index contributed by atoms with van der Waals surface area (Å²) >= 11 is 0. The fraction of sp³-hybridized carbons (Fsp3) is 0.350. The molecule has 3 heteroatoms. The summed E-state index contributed by atoms with van der Waals surface area (Å²) in [7, 11) is 0. The van der Waals surface area contributed by atoms with Crippen molar-refractivity contribution in [1.29, 1.82) is 0 Å². The van der Waals surface area contributed by atoms with Crippen molar-refractivity contribution in [3.05, 3.63) is 65.2 Å². The molecule has 0 fully saturated rings. The number of carboxylic acid groups (broad SMARTS) is 1. The van der Waals surface area contributed by atoms with Gasteiger partial charge in [-0.15, -0.1) is 0 Å². The van der Waals surface area contributed by atoms with Crippen molar-refractivity contribution >= 4 is 5.97 Å². The van der Waals surface area contributed by atoms with Crippen LogP contribution in [-0.2, 0) is 16.6 Å². The highest BCUT2D eigenvalue weighted by Crippen LogP contribution is 2.35. The summed E-state index contributed by atoms with van der Waals surface area (Å²) in [6.07, 6.45) is -0.0745. The lowest BCUT2D eigenvalue weighted by Crippen LogP contribution is -2.21. The van der Waals surface area contributed by atoms with Crippen LogP contribution in [0.25, 0.3) is 0 Å². The van der Waals surface area contributed by atoms with Gasteiger partial charge in [-0.3, -0.25) is 0 Å². The molecule has 1 atom stereocenters. The second-order valence-corrected chi connectivity index (χ2v) is 6.68. The quantitative estimate of drug-likeness (QED) is 0.866. The Hall–Kier alpha value is -2.29. The molecule has 0 heterocycles. The van der Waals surface area contributed by atoms with E-state index in [1.165, 1.54) is 5.56 Å². The van der Waals surface area contributed by atoms with Gasteiger partial charge in [0.1, 0.15) is 5.75 Å². The van der Waals surface area contributed by atoms with Gasteiger partial charge >= 0.3 is 5.97 Å². The molecule has 0 saturated carbocycles. The number of hydrogen-bond acceptors (Lipinski definition) is 2. The van der Waals surface area contributed by atoms with Crippen LogP contribution in [0.15, 0.2) is 48.5 Å².